The second-order valence-electron chi connectivity index (χ2n) is 6.91. The van der Waals surface area contributed by atoms with Gasteiger partial charge in [0.1, 0.15) is 11.7 Å². The Morgan fingerprint density at radius 3 is 2.84 bits per heavy atom. The van der Waals surface area contributed by atoms with Gasteiger partial charge >= 0.3 is 0 Å². The first-order chi connectivity index (χ1) is 12.1. The standard InChI is InChI=1S/C19H22N4O2/c1-13-2-5-15(6-3-13)23-10-8-16(19(23)25)18(24)21-14-4-7-17-20-9-11-22(17)12-14/h2-3,5-6,9,11,14,16H,4,7-8,10,12H2,1H3,(H,21,24)/t14-,16-/m1/s1. The summed E-state index contributed by atoms with van der Waals surface area (Å²) in [6, 6.07) is 7.92. The molecule has 25 heavy (non-hydrogen) atoms. The molecule has 1 N–H and O–H groups in total. The number of aryl methyl sites for hydroxylation is 2. The minimum Gasteiger partial charge on any atom is -0.351 e. The quantitative estimate of drug-likeness (QED) is 0.866. The molecule has 1 aromatic carbocycles. The molecule has 2 aromatic rings. The first kappa shape index (κ1) is 15.9. The van der Waals surface area contributed by atoms with Crippen LogP contribution in [0.25, 0.3) is 0 Å². The fourth-order valence-electron chi connectivity index (χ4n) is 3.69. The molecule has 6 heteroatoms. The van der Waals surface area contributed by atoms with Crippen LogP contribution in [0.3, 0.4) is 0 Å². The summed E-state index contributed by atoms with van der Waals surface area (Å²) < 4.78 is 2.07. The van der Waals surface area contributed by atoms with E-state index in [1.165, 1.54) is 0 Å². The Hall–Kier alpha value is -2.63. The molecule has 0 unspecified atom stereocenters. The van der Waals surface area contributed by atoms with Gasteiger partial charge in [-0.3, -0.25) is 9.59 Å². The maximum atomic E-state index is 12.7. The number of carbonyl (C=O) groups is 2. The monoisotopic (exact) mass is 338 g/mol. The second kappa shape index (κ2) is 6.35. The minimum absolute atomic E-state index is 0.0652. The van der Waals surface area contributed by atoms with Crippen LogP contribution < -0.4 is 10.2 Å². The Balaban J connectivity index is 1.40. The number of rotatable bonds is 3. The molecule has 3 heterocycles. The number of carbonyl (C=O) groups excluding carboxylic acids is 2. The van der Waals surface area contributed by atoms with Crippen LogP contribution in [-0.2, 0) is 22.6 Å². The van der Waals surface area contributed by atoms with Crippen molar-refractivity contribution in [1.82, 2.24) is 14.9 Å². The molecule has 0 saturated carbocycles. The van der Waals surface area contributed by atoms with E-state index >= 15 is 0 Å². The molecule has 1 fully saturated rings. The van der Waals surface area contributed by atoms with Gasteiger partial charge in [-0.15, -0.1) is 0 Å². The smallest absolute Gasteiger partial charge is 0.239 e. The van der Waals surface area contributed by atoms with E-state index in [1.807, 2.05) is 37.4 Å². The van der Waals surface area contributed by atoms with Crippen molar-refractivity contribution >= 4 is 17.5 Å². The predicted molar refractivity (Wildman–Crippen MR) is 94.1 cm³/mol. The minimum atomic E-state index is -0.578. The lowest BCUT2D eigenvalue weighted by molar-refractivity contribution is -0.132. The van der Waals surface area contributed by atoms with Gasteiger partial charge in [0.15, 0.2) is 0 Å². The summed E-state index contributed by atoms with van der Waals surface area (Å²) in [5.41, 5.74) is 2.02. The van der Waals surface area contributed by atoms with Crippen molar-refractivity contribution in [2.24, 2.45) is 5.92 Å². The summed E-state index contributed by atoms with van der Waals surface area (Å²) >= 11 is 0. The molecule has 1 saturated heterocycles. The lowest BCUT2D eigenvalue weighted by Crippen LogP contribution is -2.45. The molecular weight excluding hydrogens is 316 g/mol. The highest BCUT2D eigenvalue weighted by atomic mass is 16.2. The summed E-state index contributed by atoms with van der Waals surface area (Å²) in [5, 5.41) is 3.07. The molecule has 130 valence electrons. The van der Waals surface area contributed by atoms with E-state index in [2.05, 4.69) is 14.9 Å². The normalized spacial score (nSPS) is 22.8. The highest BCUT2D eigenvalue weighted by Crippen LogP contribution is 2.26. The van der Waals surface area contributed by atoms with Gasteiger partial charge in [-0.05, 0) is 31.9 Å². The molecule has 2 amide bonds. The van der Waals surface area contributed by atoms with Crippen molar-refractivity contribution < 1.29 is 9.59 Å². The lowest BCUT2D eigenvalue weighted by atomic mass is 10.0. The van der Waals surface area contributed by atoms with Gasteiger partial charge in [-0.2, -0.15) is 0 Å². The van der Waals surface area contributed by atoms with Crippen molar-refractivity contribution in [3.63, 3.8) is 0 Å². The highest BCUT2D eigenvalue weighted by Gasteiger charge is 2.38. The topological polar surface area (TPSA) is 67.2 Å². The summed E-state index contributed by atoms with van der Waals surface area (Å²) in [6.45, 7) is 3.33. The molecule has 0 bridgehead atoms. The molecule has 0 aliphatic carbocycles. The molecule has 2 aliphatic rings. The molecule has 2 atom stereocenters. The van der Waals surface area contributed by atoms with Gasteiger partial charge in [-0.1, -0.05) is 17.7 Å². The fraction of sp³-hybridized carbons (Fsp3) is 0.421. The zero-order valence-corrected chi connectivity index (χ0v) is 14.3. The molecule has 1 aromatic heterocycles. The number of nitrogens with one attached hydrogen (secondary N) is 1. The average molecular weight is 338 g/mol. The molecular formula is C19H22N4O2. The van der Waals surface area contributed by atoms with Crippen LogP contribution in [0.1, 0.15) is 24.2 Å². The summed E-state index contributed by atoms with van der Waals surface area (Å²) in [7, 11) is 0. The zero-order chi connectivity index (χ0) is 17.4. The van der Waals surface area contributed by atoms with E-state index in [-0.39, 0.29) is 17.9 Å². The number of benzene rings is 1. The summed E-state index contributed by atoms with van der Waals surface area (Å²) in [5.74, 6) is 0.243. The molecule has 4 rings (SSSR count). The van der Waals surface area contributed by atoms with Crippen LogP contribution in [0.15, 0.2) is 36.7 Å². The zero-order valence-electron chi connectivity index (χ0n) is 14.3. The van der Waals surface area contributed by atoms with E-state index < -0.39 is 5.92 Å². The van der Waals surface area contributed by atoms with Crippen molar-refractivity contribution in [3.8, 4) is 0 Å². The van der Waals surface area contributed by atoms with Crippen molar-refractivity contribution in [1.29, 1.82) is 0 Å². The molecule has 2 aliphatic heterocycles. The molecule has 0 radical (unpaired) electrons. The summed E-state index contributed by atoms with van der Waals surface area (Å²) in [4.78, 5) is 31.3. The maximum Gasteiger partial charge on any atom is 0.239 e. The number of amides is 2. The van der Waals surface area contributed by atoms with E-state index in [4.69, 9.17) is 0 Å². The third kappa shape index (κ3) is 3.04. The van der Waals surface area contributed by atoms with E-state index in [9.17, 15) is 9.59 Å². The van der Waals surface area contributed by atoms with Crippen molar-refractivity contribution in [2.75, 3.05) is 11.4 Å². The van der Waals surface area contributed by atoms with Gasteiger partial charge < -0.3 is 14.8 Å². The van der Waals surface area contributed by atoms with Crippen molar-refractivity contribution in [2.45, 2.75) is 38.8 Å². The Labute approximate surface area is 146 Å². The fourth-order valence-corrected chi connectivity index (χ4v) is 3.69. The van der Waals surface area contributed by atoms with Crippen LogP contribution in [0.2, 0.25) is 0 Å². The number of hydrogen-bond acceptors (Lipinski definition) is 3. The van der Waals surface area contributed by atoms with Gasteiger partial charge in [-0.25, -0.2) is 4.98 Å². The van der Waals surface area contributed by atoms with Crippen LogP contribution in [0.4, 0.5) is 5.69 Å². The third-order valence-electron chi connectivity index (χ3n) is 5.15. The van der Waals surface area contributed by atoms with E-state index in [0.29, 0.717) is 13.0 Å². The number of nitrogens with zero attached hydrogens (tertiary/aromatic N) is 3. The largest absolute Gasteiger partial charge is 0.351 e. The predicted octanol–water partition coefficient (Wildman–Crippen LogP) is 1.68. The van der Waals surface area contributed by atoms with Crippen LogP contribution >= 0.6 is 0 Å². The van der Waals surface area contributed by atoms with E-state index in [0.717, 1.165) is 36.5 Å². The first-order valence-corrected chi connectivity index (χ1v) is 8.80. The number of hydrogen-bond donors (Lipinski definition) is 1. The van der Waals surface area contributed by atoms with Crippen molar-refractivity contribution in [3.05, 3.63) is 48.0 Å². The highest BCUT2D eigenvalue weighted by molar-refractivity contribution is 6.09. The Bertz CT molecular complexity index is 796. The second-order valence-corrected chi connectivity index (χ2v) is 6.91. The number of fused-ring (bicyclic) bond motifs is 1. The number of imidazole rings is 1. The number of aromatic nitrogens is 2. The summed E-state index contributed by atoms with van der Waals surface area (Å²) in [6.07, 6.45) is 6.02. The lowest BCUT2D eigenvalue weighted by Gasteiger charge is -2.25. The van der Waals surface area contributed by atoms with E-state index in [1.54, 1.807) is 11.1 Å². The molecule has 0 spiro atoms. The Kier molecular flexibility index (Phi) is 4.03. The van der Waals surface area contributed by atoms with Gasteiger partial charge in [0.05, 0.1) is 0 Å². The average Bonchev–Trinajstić information content (AvgIpc) is 3.21. The number of anilines is 1. The third-order valence-corrected chi connectivity index (χ3v) is 5.15. The SMILES string of the molecule is Cc1ccc(N2CC[C@H](C(=O)N[C@@H]3CCc4nccn4C3)C2=O)cc1. The van der Waals surface area contributed by atoms with Crippen LogP contribution in [-0.4, -0.2) is 34.0 Å². The maximum absolute atomic E-state index is 12.7. The Morgan fingerprint density at radius 2 is 2.04 bits per heavy atom. The van der Waals surface area contributed by atoms with Gasteiger partial charge in [0.2, 0.25) is 11.8 Å². The Morgan fingerprint density at radius 1 is 1.24 bits per heavy atom. The molecule has 6 nitrogen and oxygen atoms in total. The van der Waals surface area contributed by atoms with Gasteiger partial charge in [0.25, 0.3) is 0 Å². The van der Waals surface area contributed by atoms with Gasteiger partial charge in [0, 0.05) is 43.6 Å². The van der Waals surface area contributed by atoms with Crippen LogP contribution in [0.5, 0.6) is 0 Å². The first-order valence-electron chi connectivity index (χ1n) is 8.80. The van der Waals surface area contributed by atoms with Crippen LogP contribution in [0, 0.1) is 12.8 Å².